The van der Waals surface area contributed by atoms with Crippen LogP contribution in [0.4, 0.5) is 0 Å². The molecule has 1 unspecified atom stereocenters. The van der Waals surface area contributed by atoms with Gasteiger partial charge in [0.2, 0.25) is 5.79 Å². The summed E-state index contributed by atoms with van der Waals surface area (Å²) in [5, 5.41) is 27.5. The number of hydrogen-bond donors (Lipinski definition) is 5. The molecule has 1 heterocycles. The van der Waals surface area contributed by atoms with E-state index >= 15 is 0 Å². The lowest BCUT2D eigenvalue weighted by Gasteiger charge is -2.25. The van der Waals surface area contributed by atoms with Crippen LogP contribution in [0.25, 0.3) is 0 Å². The quantitative estimate of drug-likeness (QED) is 0.336. The summed E-state index contributed by atoms with van der Waals surface area (Å²) in [6.45, 7) is -1.25. The van der Waals surface area contributed by atoms with Crippen molar-refractivity contribution in [2.45, 2.75) is 18.0 Å². The average molecular weight is 230 g/mol. The first kappa shape index (κ1) is 12.0. The Morgan fingerprint density at radius 3 is 2.43 bits per heavy atom. The molecule has 0 aliphatic carbocycles. The molecule has 1 rings (SSSR count). The van der Waals surface area contributed by atoms with Crippen LogP contribution in [0.3, 0.4) is 0 Å². The minimum Gasteiger partial charge on any atom is -0.388 e. The van der Waals surface area contributed by atoms with Gasteiger partial charge >= 0.3 is 7.82 Å². The van der Waals surface area contributed by atoms with Crippen molar-refractivity contribution >= 4 is 7.82 Å². The van der Waals surface area contributed by atoms with Crippen LogP contribution < -0.4 is 0 Å². The van der Waals surface area contributed by atoms with Gasteiger partial charge < -0.3 is 29.8 Å². The zero-order chi connectivity index (χ0) is 11.0. The molecule has 9 heteroatoms. The summed E-state index contributed by atoms with van der Waals surface area (Å²) in [5.41, 5.74) is 0. The van der Waals surface area contributed by atoms with Gasteiger partial charge in [-0.15, -0.1) is 0 Å². The SMILES string of the molecule is O=P(O)(O)OCC1(O)OC[C@H](O)[C@H]1O. The predicted octanol–water partition coefficient (Wildman–Crippen LogP) is -2.46. The van der Waals surface area contributed by atoms with Crippen molar-refractivity contribution in [3.8, 4) is 0 Å². The van der Waals surface area contributed by atoms with Crippen LogP contribution in [0.2, 0.25) is 0 Å². The highest BCUT2D eigenvalue weighted by molar-refractivity contribution is 7.46. The Balaban J connectivity index is 2.55. The van der Waals surface area contributed by atoms with Crippen LogP contribution >= 0.6 is 7.82 Å². The molecule has 5 N–H and O–H groups in total. The van der Waals surface area contributed by atoms with E-state index in [0.29, 0.717) is 0 Å². The summed E-state index contributed by atoms with van der Waals surface area (Å²) in [5.74, 6) is -2.28. The zero-order valence-electron chi connectivity index (χ0n) is 6.98. The van der Waals surface area contributed by atoms with Crippen molar-refractivity contribution in [1.29, 1.82) is 0 Å². The monoisotopic (exact) mass is 230 g/mol. The third kappa shape index (κ3) is 2.72. The fourth-order valence-electron chi connectivity index (χ4n) is 1.01. The Hall–Kier alpha value is -0.0500. The highest BCUT2D eigenvalue weighted by Crippen LogP contribution is 2.38. The van der Waals surface area contributed by atoms with Crippen LogP contribution in [-0.2, 0) is 13.8 Å². The number of rotatable bonds is 3. The van der Waals surface area contributed by atoms with E-state index in [4.69, 9.17) is 20.0 Å². The summed E-state index contributed by atoms with van der Waals surface area (Å²) in [6.07, 6.45) is -2.96. The van der Waals surface area contributed by atoms with E-state index in [1.165, 1.54) is 0 Å². The molecule has 1 aliphatic heterocycles. The van der Waals surface area contributed by atoms with E-state index in [1.807, 2.05) is 0 Å². The average Bonchev–Trinajstić information content (AvgIpc) is 2.30. The number of phosphoric acid groups is 1. The normalized spacial score (nSPS) is 38.9. The zero-order valence-corrected chi connectivity index (χ0v) is 7.87. The van der Waals surface area contributed by atoms with E-state index in [-0.39, 0.29) is 6.61 Å². The van der Waals surface area contributed by atoms with Gasteiger partial charge in [-0.2, -0.15) is 0 Å². The molecule has 0 bridgehead atoms. The minimum absolute atomic E-state index is 0.331. The fraction of sp³-hybridized carbons (Fsp3) is 1.00. The summed E-state index contributed by atoms with van der Waals surface area (Å²) in [4.78, 5) is 16.6. The van der Waals surface area contributed by atoms with Gasteiger partial charge in [-0.25, -0.2) is 4.57 Å². The van der Waals surface area contributed by atoms with Crippen LogP contribution in [-0.4, -0.2) is 56.3 Å². The largest absolute Gasteiger partial charge is 0.469 e. The lowest BCUT2D eigenvalue weighted by Crippen LogP contribution is -2.46. The summed E-state index contributed by atoms with van der Waals surface area (Å²) in [6, 6.07) is 0. The third-order valence-corrected chi connectivity index (χ3v) is 2.24. The number of aliphatic hydroxyl groups is 3. The number of ether oxygens (including phenoxy) is 1. The Morgan fingerprint density at radius 1 is 1.50 bits per heavy atom. The highest BCUT2D eigenvalue weighted by atomic mass is 31.2. The Bertz CT molecular complexity index is 250. The van der Waals surface area contributed by atoms with Crippen LogP contribution in [0.1, 0.15) is 0 Å². The lowest BCUT2D eigenvalue weighted by molar-refractivity contribution is -0.231. The van der Waals surface area contributed by atoms with Crippen molar-refractivity contribution < 1.29 is 38.9 Å². The molecular formula is C5H11O8P. The van der Waals surface area contributed by atoms with Crippen LogP contribution in [0.15, 0.2) is 0 Å². The number of phosphoric ester groups is 1. The maximum atomic E-state index is 10.3. The number of aliphatic hydroxyl groups excluding tert-OH is 2. The Kier molecular flexibility index (Phi) is 3.30. The molecule has 0 saturated carbocycles. The van der Waals surface area contributed by atoms with Crippen molar-refractivity contribution in [2.24, 2.45) is 0 Å². The van der Waals surface area contributed by atoms with E-state index in [2.05, 4.69) is 9.26 Å². The van der Waals surface area contributed by atoms with Crippen LogP contribution in [0.5, 0.6) is 0 Å². The van der Waals surface area contributed by atoms with E-state index in [0.717, 1.165) is 0 Å². The third-order valence-electron chi connectivity index (χ3n) is 1.77. The molecule has 84 valence electrons. The molecule has 1 fully saturated rings. The van der Waals surface area contributed by atoms with Crippen molar-refractivity contribution in [2.75, 3.05) is 13.2 Å². The maximum Gasteiger partial charge on any atom is 0.469 e. The molecule has 0 radical (unpaired) electrons. The van der Waals surface area contributed by atoms with Gasteiger partial charge in [-0.05, 0) is 0 Å². The van der Waals surface area contributed by atoms with Gasteiger partial charge in [0.25, 0.3) is 0 Å². The van der Waals surface area contributed by atoms with Crippen molar-refractivity contribution in [1.82, 2.24) is 0 Å². The van der Waals surface area contributed by atoms with Gasteiger partial charge in [0, 0.05) is 0 Å². The summed E-state index contributed by atoms with van der Waals surface area (Å²) >= 11 is 0. The van der Waals surface area contributed by atoms with Crippen molar-refractivity contribution in [3.63, 3.8) is 0 Å². The van der Waals surface area contributed by atoms with E-state index in [1.54, 1.807) is 0 Å². The Morgan fingerprint density at radius 2 is 2.07 bits per heavy atom. The summed E-state index contributed by atoms with van der Waals surface area (Å²) in [7, 11) is -4.74. The lowest BCUT2D eigenvalue weighted by atomic mass is 10.1. The second-order valence-corrected chi connectivity index (χ2v) is 4.17. The van der Waals surface area contributed by atoms with E-state index < -0.39 is 32.4 Å². The molecule has 0 aromatic carbocycles. The smallest absolute Gasteiger partial charge is 0.388 e. The summed E-state index contributed by atoms with van der Waals surface area (Å²) < 4.78 is 18.8. The second kappa shape index (κ2) is 3.84. The van der Waals surface area contributed by atoms with Crippen molar-refractivity contribution in [3.05, 3.63) is 0 Å². The standard InChI is InChI=1S/C5H11O8P/c6-3-1-12-5(8,4(3)7)2-13-14(9,10)11/h3-4,6-8H,1-2H2,(H2,9,10,11)/t3-,4+,5?/m0/s1. The molecule has 3 atom stereocenters. The number of hydrogen-bond acceptors (Lipinski definition) is 6. The molecule has 8 nitrogen and oxygen atoms in total. The molecule has 0 aromatic rings. The van der Waals surface area contributed by atoms with Gasteiger partial charge in [0.05, 0.1) is 6.61 Å². The van der Waals surface area contributed by atoms with Gasteiger partial charge in [-0.1, -0.05) is 0 Å². The van der Waals surface area contributed by atoms with Gasteiger partial charge in [0.15, 0.2) is 0 Å². The van der Waals surface area contributed by atoms with Crippen LogP contribution in [0, 0.1) is 0 Å². The minimum atomic E-state index is -4.74. The first-order valence-corrected chi connectivity index (χ1v) is 5.20. The molecular weight excluding hydrogens is 219 g/mol. The fourth-order valence-corrected chi connectivity index (χ4v) is 1.36. The molecule has 0 amide bonds. The molecule has 0 spiro atoms. The van der Waals surface area contributed by atoms with Gasteiger partial charge in [-0.3, -0.25) is 4.52 Å². The first-order valence-electron chi connectivity index (χ1n) is 3.67. The molecule has 1 saturated heterocycles. The topological polar surface area (TPSA) is 137 Å². The highest BCUT2D eigenvalue weighted by Gasteiger charge is 2.49. The predicted molar refractivity (Wildman–Crippen MR) is 40.9 cm³/mol. The van der Waals surface area contributed by atoms with E-state index in [9.17, 15) is 9.67 Å². The second-order valence-electron chi connectivity index (χ2n) is 2.93. The first-order chi connectivity index (χ1) is 6.25. The molecule has 0 aromatic heterocycles. The van der Waals surface area contributed by atoms with Gasteiger partial charge in [0.1, 0.15) is 18.8 Å². The molecule has 1 aliphatic rings. The Labute approximate surface area is 78.9 Å². The maximum absolute atomic E-state index is 10.3. The molecule has 14 heavy (non-hydrogen) atoms.